The molecule has 0 saturated heterocycles. The first-order valence-electron chi connectivity index (χ1n) is 6.11. The number of aromatic nitrogens is 3. The monoisotopic (exact) mass is 265 g/mol. The summed E-state index contributed by atoms with van der Waals surface area (Å²) in [6.45, 7) is 0.364. The van der Waals surface area contributed by atoms with Crippen LogP contribution in [0.3, 0.4) is 0 Å². The minimum absolute atomic E-state index is 0.110. The lowest BCUT2D eigenvalue weighted by Gasteiger charge is -2.05. The van der Waals surface area contributed by atoms with E-state index in [1.54, 1.807) is 24.4 Å². The molecular formula is C15H11N3O2. The van der Waals surface area contributed by atoms with Crippen molar-refractivity contribution < 1.29 is 4.74 Å². The molecule has 0 aliphatic rings. The molecule has 2 aromatic heterocycles. The quantitative estimate of drug-likeness (QED) is 0.724. The molecule has 0 aliphatic carbocycles. The molecule has 0 fully saturated rings. The number of fused-ring (bicyclic) bond motifs is 1. The van der Waals surface area contributed by atoms with Crippen LogP contribution >= 0.6 is 0 Å². The van der Waals surface area contributed by atoms with E-state index in [4.69, 9.17) is 4.74 Å². The van der Waals surface area contributed by atoms with Crippen molar-refractivity contribution in [2.24, 2.45) is 0 Å². The van der Waals surface area contributed by atoms with Crippen molar-refractivity contribution in [1.29, 1.82) is 0 Å². The lowest BCUT2D eigenvalue weighted by atomic mass is 10.2. The number of ether oxygens (including phenoxy) is 1. The molecule has 3 rings (SSSR count). The molecule has 0 aliphatic heterocycles. The fourth-order valence-corrected chi connectivity index (χ4v) is 1.82. The van der Waals surface area contributed by atoms with Crippen molar-refractivity contribution in [1.82, 2.24) is 15.2 Å². The summed E-state index contributed by atoms with van der Waals surface area (Å²) in [5.41, 5.74) is 1.24. The average molecular weight is 265 g/mol. The van der Waals surface area contributed by atoms with Crippen LogP contribution in [0.2, 0.25) is 0 Å². The summed E-state index contributed by atoms with van der Waals surface area (Å²) < 4.78 is 5.64. The van der Waals surface area contributed by atoms with Crippen molar-refractivity contribution in [2.75, 3.05) is 0 Å². The Hall–Kier alpha value is -2.82. The van der Waals surface area contributed by atoms with E-state index in [0.717, 1.165) is 5.69 Å². The van der Waals surface area contributed by atoms with Crippen LogP contribution in [-0.2, 0) is 6.61 Å². The third-order valence-electron chi connectivity index (χ3n) is 2.81. The third kappa shape index (κ3) is 2.61. The predicted molar refractivity (Wildman–Crippen MR) is 74.4 cm³/mol. The second-order valence-electron chi connectivity index (χ2n) is 4.18. The van der Waals surface area contributed by atoms with Crippen LogP contribution in [-0.4, -0.2) is 15.2 Å². The molecule has 0 atom stereocenters. The largest absolute Gasteiger partial charge is 0.487 e. The van der Waals surface area contributed by atoms with Gasteiger partial charge in [-0.1, -0.05) is 6.07 Å². The van der Waals surface area contributed by atoms with Crippen molar-refractivity contribution in [3.8, 4) is 5.75 Å². The molecule has 2 heterocycles. The van der Waals surface area contributed by atoms with Crippen LogP contribution in [0.25, 0.3) is 10.9 Å². The van der Waals surface area contributed by atoms with Gasteiger partial charge in [0, 0.05) is 23.7 Å². The van der Waals surface area contributed by atoms with Gasteiger partial charge in [-0.2, -0.15) is 10.2 Å². The molecule has 0 spiro atoms. The maximum absolute atomic E-state index is 11.7. The minimum atomic E-state index is -0.110. The third-order valence-corrected chi connectivity index (χ3v) is 2.81. The normalized spacial score (nSPS) is 10.4. The first-order valence-corrected chi connectivity index (χ1v) is 6.11. The van der Waals surface area contributed by atoms with Gasteiger partial charge in [0.2, 0.25) is 0 Å². The molecule has 0 bridgehead atoms. The minimum Gasteiger partial charge on any atom is -0.487 e. The van der Waals surface area contributed by atoms with Gasteiger partial charge in [0.05, 0.1) is 11.9 Å². The lowest BCUT2D eigenvalue weighted by Crippen LogP contribution is -1.99. The van der Waals surface area contributed by atoms with E-state index in [1.807, 2.05) is 18.2 Å². The summed E-state index contributed by atoms with van der Waals surface area (Å²) in [7, 11) is 0. The molecule has 20 heavy (non-hydrogen) atoms. The lowest BCUT2D eigenvalue weighted by molar-refractivity contribution is 0.301. The highest BCUT2D eigenvalue weighted by molar-refractivity contribution is 5.78. The van der Waals surface area contributed by atoms with Gasteiger partial charge in [-0.15, -0.1) is 0 Å². The first kappa shape index (κ1) is 12.2. The molecule has 0 radical (unpaired) electrons. The average Bonchev–Trinajstić information content (AvgIpc) is 2.68. The topological polar surface area (TPSA) is 65.0 Å². The Balaban J connectivity index is 1.89. The molecule has 0 unspecified atom stereocenters. The van der Waals surface area contributed by atoms with Crippen molar-refractivity contribution in [2.45, 2.75) is 6.61 Å². The molecule has 5 nitrogen and oxygen atoms in total. The Morgan fingerprint density at radius 2 is 2.00 bits per heavy atom. The maximum atomic E-state index is 11.7. The molecule has 0 N–H and O–H groups in total. The Morgan fingerprint density at radius 1 is 1.05 bits per heavy atom. The van der Waals surface area contributed by atoms with E-state index >= 15 is 0 Å². The smallest absolute Gasteiger partial charge is 0.189 e. The highest BCUT2D eigenvalue weighted by atomic mass is 16.5. The molecule has 98 valence electrons. The molecule has 1 aromatic carbocycles. The zero-order chi connectivity index (χ0) is 13.8. The SMILES string of the molecule is O=c1ccnnc2cc(OCc3ccccn3)ccc12. The summed E-state index contributed by atoms with van der Waals surface area (Å²) in [6, 6.07) is 12.2. The first-order chi connectivity index (χ1) is 9.83. The zero-order valence-electron chi connectivity index (χ0n) is 10.6. The van der Waals surface area contributed by atoms with Crippen LogP contribution in [0.4, 0.5) is 0 Å². The Morgan fingerprint density at radius 3 is 2.85 bits per heavy atom. The highest BCUT2D eigenvalue weighted by Crippen LogP contribution is 2.17. The van der Waals surface area contributed by atoms with Crippen LogP contribution < -0.4 is 10.2 Å². The van der Waals surface area contributed by atoms with Gasteiger partial charge in [-0.05, 0) is 24.3 Å². The van der Waals surface area contributed by atoms with Gasteiger partial charge >= 0.3 is 0 Å². The van der Waals surface area contributed by atoms with Gasteiger partial charge in [-0.3, -0.25) is 9.78 Å². The standard InChI is InChI=1S/C15H11N3O2/c19-15-6-8-17-18-14-9-12(4-5-13(14)15)20-10-11-3-1-2-7-16-11/h1-9H,10H2. The maximum Gasteiger partial charge on any atom is 0.189 e. The number of rotatable bonds is 3. The Bertz CT molecular complexity index is 791. The summed E-state index contributed by atoms with van der Waals surface area (Å²) in [4.78, 5) is 15.9. The summed E-state index contributed by atoms with van der Waals surface area (Å²) >= 11 is 0. The van der Waals surface area contributed by atoms with Gasteiger partial charge in [0.25, 0.3) is 0 Å². The molecule has 3 aromatic rings. The van der Waals surface area contributed by atoms with Crippen LogP contribution in [0.1, 0.15) is 5.69 Å². The number of hydrogen-bond donors (Lipinski definition) is 0. The van der Waals surface area contributed by atoms with Gasteiger partial charge in [-0.25, -0.2) is 0 Å². The summed E-state index contributed by atoms with van der Waals surface area (Å²) in [6.07, 6.45) is 3.10. The predicted octanol–water partition coefficient (Wildman–Crippen LogP) is 1.96. The van der Waals surface area contributed by atoms with Gasteiger partial charge in [0.1, 0.15) is 17.9 Å². The van der Waals surface area contributed by atoms with Crippen LogP contribution in [0.5, 0.6) is 5.75 Å². The number of pyridine rings is 1. The Labute approximate surface area is 114 Å². The van der Waals surface area contributed by atoms with E-state index in [-0.39, 0.29) is 5.43 Å². The summed E-state index contributed by atoms with van der Waals surface area (Å²) in [5.74, 6) is 0.628. The number of benzene rings is 1. The Kier molecular flexibility index (Phi) is 3.33. The second kappa shape index (κ2) is 5.44. The number of nitrogens with zero attached hydrogens (tertiary/aromatic N) is 3. The fraction of sp³-hybridized carbons (Fsp3) is 0.0667. The van der Waals surface area contributed by atoms with Crippen LogP contribution in [0, 0.1) is 0 Å². The second-order valence-corrected chi connectivity index (χ2v) is 4.18. The van der Waals surface area contributed by atoms with E-state index in [0.29, 0.717) is 23.3 Å². The molecule has 5 heteroatoms. The highest BCUT2D eigenvalue weighted by Gasteiger charge is 2.02. The molecule has 0 saturated carbocycles. The van der Waals surface area contributed by atoms with Crippen molar-refractivity contribution in [3.05, 3.63) is 70.8 Å². The van der Waals surface area contributed by atoms with E-state index < -0.39 is 0 Å². The van der Waals surface area contributed by atoms with Gasteiger partial charge in [0.15, 0.2) is 5.43 Å². The van der Waals surface area contributed by atoms with Crippen molar-refractivity contribution in [3.63, 3.8) is 0 Å². The van der Waals surface area contributed by atoms with E-state index in [2.05, 4.69) is 15.2 Å². The van der Waals surface area contributed by atoms with Gasteiger partial charge < -0.3 is 4.74 Å². The summed E-state index contributed by atoms with van der Waals surface area (Å²) in [5, 5.41) is 8.27. The molecular weight excluding hydrogens is 254 g/mol. The van der Waals surface area contributed by atoms with Crippen molar-refractivity contribution >= 4 is 10.9 Å². The van der Waals surface area contributed by atoms with E-state index in [9.17, 15) is 4.79 Å². The zero-order valence-corrected chi connectivity index (χ0v) is 10.6. The van der Waals surface area contributed by atoms with Crippen LogP contribution in [0.15, 0.2) is 59.7 Å². The molecule has 0 amide bonds. The van der Waals surface area contributed by atoms with E-state index in [1.165, 1.54) is 12.3 Å². The number of hydrogen-bond acceptors (Lipinski definition) is 5. The fourth-order valence-electron chi connectivity index (χ4n) is 1.82.